The molecule has 110 valence electrons. The highest BCUT2D eigenvalue weighted by molar-refractivity contribution is 5.40. The van der Waals surface area contributed by atoms with Gasteiger partial charge in [0.2, 0.25) is 0 Å². The van der Waals surface area contributed by atoms with E-state index in [0.29, 0.717) is 0 Å². The fourth-order valence-electron chi connectivity index (χ4n) is 3.38. The van der Waals surface area contributed by atoms with Crippen molar-refractivity contribution < 1.29 is 5.11 Å². The minimum absolute atomic E-state index is 0.143. The van der Waals surface area contributed by atoms with Crippen LogP contribution in [0.15, 0.2) is 48.5 Å². The van der Waals surface area contributed by atoms with Gasteiger partial charge in [-0.1, -0.05) is 48.5 Å². The van der Waals surface area contributed by atoms with Crippen molar-refractivity contribution in [3.05, 3.63) is 70.8 Å². The molecule has 0 saturated carbocycles. The van der Waals surface area contributed by atoms with E-state index in [1.165, 1.54) is 22.3 Å². The van der Waals surface area contributed by atoms with Gasteiger partial charge in [0, 0.05) is 6.54 Å². The summed E-state index contributed by atoms with van der Waals surface area (Å²) >= 11 is 0. The maximum absolute atomic E-state index is 10.4. The van der Waals surface area contributed by atoms with Gasteiger partial charge in [-0.15, -0.1) is 0 Å². The molecule has 0 spiro atoms. The molecule has 1 fully saturated rings. The summed E-state index contributed by atoms with van der Waals surface area (Å²) in [7, 11) is 0. The van der Waals surface area contributed by atoms with Gasteiger partial charge in [0.15, 0.2) is 0 Å². The SMILES string of the molecule is Cc1ccccc1C(c1ccccc1C)N1CCCC1O. The van der Waals surface area contributed by atoms with E-state index in [0.717, 1.165) is 19.4 Å². The third-order valence-corrected chi connectivity index (χ3v) is 4.56. The predicted molar refractivity (Wildman–Crippen MR) is 86.1 cm³/mol. The molecule has 1 aliphatic rings. The number of hydrogen-bond donors (Lipinski definition) is 1. The number of rotatable bonds is 3. The fourth-order valence-corrected chi connectivity index (χ4v) is 3.38. The van der Waals surface area contributed by atoms with E-state index in [1.54, 1.807) is 0 Å². The van der Waals surface area contributed by atoms with Crippen LogP contribution in [0.25, 0.3) is 0 Å². The highest BCUT2D eigenvalue weighted by Gasteiger charge is 2.32. The van der Waals surface area contributed by atoms with Crippen molar-refractivity contribution in [3.63, 3.8) is 0 Å². The second kappa shape index (κ2) is 6.00. The van der Waals surface area contributed by atoms with Crippen molar-refractivity contribution in [2.75, 3.05) is 6.54 Å². The first-order chi connectivity index (χ1) is 10.2. The second-order valence-corrected chi connectivity index (χ2v) is 5.98. The molecule has 2 heteroatoms. The first-order valence-corrected chi connectivity index (χ1v) is 7.73. The molecular formula is C19H23NO. The van der Waals surface area contributed by atoms with Crippen LogP contribution in [0.4, 0.5) is 0 Å². The Morgan fingerprint density at radius 2 is 1.48 bits per heavy atom. The Kier molecular flexibility index (Phi) is 4.09. The Morgan fingerprint density at radius 3 is 1.90 bits per heavy atom. The molecule has 0 amide bonds. The molecule has 1 unspecified atom stereocenters. The van der Waals surface area contributed by atoms with Crippen molar-refractivity contribution in [2.45, 2.75) is 39.0 Å². The normalized spacial score (nSPS) is 19.3. The van der Waals surface area contributed by atoms with Gasteiger partial charge in [-0.3, -0.25) is 4.90 Å². The van der Waals surface area contributed by atoms with Crippen LogP contribution in [0, 0.1) is 13.8 Å². The van der Waals surface area contributed by atoms with Crippen LogP contribution < -0.4 is 0 Å². The number of hydrogen-bond acceptors (Lipinski definition) is 2. The molecule has 0 aromatic heterocycles. The van der Waals surface area contributed by atoms with Gasteiger partial charge in [-0.25, -0.2) is 0 Å². The highest BCUT2D eigenvalue weighted by atomic mass is 16.3. The van der Waals surface area contributed by atoms with Crippen LogP contribution in [0.3, 0.4) is 0 Å². The predicted octanol–water partition coefficient (Wildman–Crippen LogP) is 3.81. The van der Waals surface area contributed by atoms with Gasteiger partial charge in [-0.2, -0.15) is 0 Å². The number of aliphatic hydroxyl groups is 1. The van der Waals surface area contributed by atoms with E-state index in [9.17, 15) is 5.11 Å². The van der Waals surface area contributed by atoms with Crippen molar-refractivity contribution in [1.29, 1.82) is 0 Å². The van der Waals surface area contributed by atoms with Gasteiger partial charge >= 0.3 is 0 Å². The number of aliphatic hydroxyl groups excluding tert-OH is 1. The quantitative estimate of drug-likeness (QED) is 0.925. The summed E-state index contributed by atoms with van der Waals surface area (Å²) in [5.41, 5.74) is 5.16. The lowest BCUT2D eigenvalue weighted by Crippen LogP contribution is -2.34. The van der Waals surface area contributed by atoms with Gasteiger partial charge in [-0.05, 0) is 48.9 Å². The third kappa shape index (κ3) is 2.74. The number of nitrogens with zero attached hydrogens (tertiary/aromatic N) is 1. The Labute approximate surface area is 127 Å². The first-order valence-electron chi connectivity index (χ1n) is 7.73. The standard InChI is InChI=1S/C19H23NO/c1-14-8-3-5-10-16(14)19(20-13-7-12-18(20)21)17-11-6-4-9-15(17)2/h3-6,8-11,18-19,21H,7,12-13H2,1-2H3. The summed E-state index contributed by atoms with van der Waals surface area (Å²) < 4.78 is 0. The van der Waals surface area contributed by atoms with Crippen LogP contribution in [-0.2, 0) is 0 Å². The summed E-state index contributed by atoms with van der Waals surface area (Å²) in [6.07, 6.45) is 1.60. The maximum atomic E-state index is 10.4. The van der Waals surface area contributed by atoms with E-state index >= 15 is 0 Å². The largest absolute Gasteiger partial charge is 0.378 e. The van der Waals surface area contributed by atoms with E-state index in [-0.39, 0.29) is 12.3 Å². The molecular weight excluding hydrogens is 258 g/mol. The average molecular weight is 281 g/mol. The maximum Gasteiger partial charge on any atom is 0.108 e. The minimum atomic E-state index is -0.339. The molecule has 1 saturated heterocycles. The number of benzene rings is 2. The minimum Gasteiger partial charge on any atom is -0.378 e. The van der Waals surface area contributed by atoms with Crippen LogP contribution in [0.5, 0.6) is 0 Å². The van der Waals surface area contributed by atoms with Crippen molar-refractivity contribution in [1.82, 2.24) is 4.90 Å². The zero-order valence-corrected chi connectivity index (χ0v) is 12.8. The molecule has 0 aliphatic carbocycles. The van der Waals surface area contributed by atoms with E-state index < -0.39 is 0 Å². The molecule has 0 radical (unpaired) electrons. The van der Waals surface area contributed by atoms with Crippen LogP contribution >= 0.6 is 0 Å². The highest BCUT2D eigenvalue weighted by Crippen LogP contribution is 2.36. The van der Waals surface area contributed by atoms with Gasteiger partial charge < -0.3 is 5.11 Å². The molecule has 2 aromatic rings. The molecule has 21 heavy (non-hydrogen) atoms. The monoisotopic (exact) mass is 281 g/mol. The molecule has 1 aliphatic heterocycles. The number of likely N-dealkylation sites (tertiary alicyclic amines) is 1. The molecule has 2 nitrogen and oxygen atoms in total. The Hall–Kier alpha value is -1.64. The van der Waals surface area contributed by atoms with Gasteiger partial charge in [0.25, 0.3) is 0 Å². The molecule has 1 heterocycles. The van der Waals surface area contributed by atoms with Crippen molar-refractivity contribution in [2.24, 2.45) is 0 Å². The van der Waals surface area contributed by atoms with Crippen molar-refractivity contribution in [3.8, 4) is 0 Å². The zero-order chi connectivity index (χ0) is 14.8. The molecule has 0 bridgehead atoms. The van der Waals surface area contributed by atoms with E-state index in [2.05, 4.69) is 67.3 Å². The lowest BCUT2D eigenvalue weighted by molar-refractivity contribution is 0.0180. The molecule has 3 rings (SSSR count). The summed E-state index contributed by atoms with van der Waals surface area (Å²) in [5, 5.41) is 10.4. The Balaban J connectivity index is 2.12. The summed E-state index contributed by atoms with van der Waals surface area (Å²) in [6.45, 7) is 5.26. The van der Waals surface area contributed by atoms with Gasteiger partial charge in [0.05, 0.1) is 6.04 Å². The first kappa shape index (κ1) is 14.3. The van der Waals surface area contributed by atoms with Crippen LogP contribution in [0.2, 0.25) is 0 Å². The number of aryl methyl sites for hydroxylation is 2. The van der Waals surface area contributed by atoms with Crippen LogP contribution in [-0.4, -0.2) is 22.8 Å². The summed E-state index contributed by atoms with van der Waals surface area (Å²) in [4.78, 5) is 2.24. The topological polar surface area (TPSA) is 23.5 Å². The van der Waals surface area contributed by atoms with E-state index in [4.69, 9.17) is 0 Å². The molecule has 1 N–H and O–H groups in total. The smallest absolute Gasteiger partial charge is 0.108 e. The van der Waals surface area contributed by atoms with Gasteiger partial charge in [0.1, 0.15) is 6.23 Å². The Morgan fingerprint density at radius 1 is 0.952 bits per heavy atom. The van der Waals surface area contributed by atoms with Crippen molar-refractivity contribution >= 4 is 0 Å². The lowest BCUT2D eigenvalue weighted by atomic mass is 9.91. The summed E-state index contributed by atoms with van der Waals surface area (Å²) in [5.74, 6) is 0. The average Bonchev–Trinajstić information content (AvgIpc) is 2.89. The zero-order valence-electron chi connectivity index (χ0n) is 12.8. The molecule has 2 aromatic carbocycles. The summed E-state index contributed by atoms with van der Waals surface area (Å²) in [6, 6.07) is 17.2. The Bertz CT molecular complexity index is 577. The van der Waals surface area contributed by atoms with Crippen LogP contribution in [0.1, 0.15) is 41.1 Å². The lowest BCUT2D eigenvalue weighted by Gasteiger charge is -2.33. The van der Waals surface area contributed by atoms with E-state index in [1.807, 2.05) is 0 Å². The fraction of sp³-hybridized carbons (Fsp3) is 0.368. The third-order valence-electron chi connectivity index (χ3n) is 4.56. The second-order valence-electron chi connectivity index (χ2n) is 5.98. The molecule has 1 atom stereocenters.